The molecule has 2 heteroatoms. The van der Waals surface area contributed by atoms with Crippen LogP contribution in [0.4, 0.5) is 11.4 Å². The average molecular weight is 767 g/mol. The molecule has 0 spiro atoms. The van der Waals surface area contributed by atoms with Crippen molar-refractivity contribution in [3.8, 4) is 22.3 Å². The molecule has 6 rings (SSSR count). The Hall–Kier alpha value is -3.36. The maximum Gasteiger partial charge on any atom is 0.0443 e. The number of para-hydroxylation sites is 1. The maximum atomic E-state index is 3.37. The first-order valence-corrected chi connectivity index (χ1v) is 24.1. The van der Waals surface area contributed by atoms with E-state index in [1.54, 1.807) is 11.1 Å². The molecule has 4 aromatic rings. The second-order valence-corrected chi connectivity index (χ2v) is 17.8. The van der Waals surface area contributed by atoms with E-state index in [9.17, 15) is 0 Å². The Morgan fingerprint density at radius 3 is 1.63 bits per heavy atom. The van der Waals surface area contributed by atoms with Crippen LogP contribution in [0.3, 0.4) is 0 Å². The van der Waals surface area contributed by atoms with E-state index in [1.807, 2.05) is 0 Å². The minimum atomic E-state index is 0.111. The number of aryl methyl sites for hydroxylation is 2. The number of hydrogen-bond donors (Lipinski definition) is 1. The Bertz CT molecular complexity index is 1740. The van der Waals surface area contributed by atoms with E-state index in [-0.39, 0.29) is 5.41 Å². The highest BCUT2D eigenvalue weighted by Crippen LogP contribution is 2.55. The fourth-order valence-corrected chi connectivity index (χ4v) is 10.4. The molecule has 0 saturated carbocycles. The molecule has 0 saturated heterocycles. The number of hydrogen-bond acceptors (Lipinski definition) is 2. The van der Waals surface area contributed by atoms with Crippen molar-refractivity contribution in [2.45, 2.75) is 180 Å². The van der Waals surface area contributed by atoms with E-state index in [4.69, 9.17) is 0 Å². The second kappa shape index (κ2) is 23.3. The zero-order valence-electron chi connectivity index (χ0n) is 36.6. The second-order valence-electron chi connectivity index (χ2n) is 17.8. The number of nitrogens with zero attached hydrogens (tertiary/aromatic N) is 1. The Balaban J connectivity index is 1.23. The van der Waals surface area contributed by atoms with Crippen LogP contribution in [0.2, 0.25) is 0 Å². The molecular formula is C55H78N2. The van der Waals surface area contributed by atoms with Crippen LogP contribution in [0.15, 0.2) is 84.9 Å². The minimum absolute atomic E-state index is 0.111. The maximum absolute atomic E-state index is 3.37. The summed E-state index contributed by atoms with van der Waals surface area (Å²) in [7, 11) is 2.06. The Labute approximate surface area is 349 Å². The first kappa shape index (κ1) is 43.2. The fourth-order valence-electron chi connectivity index (χ4n) is 10.4. The summed E-state index contributed by atoms with van der Waals surface area (Å²) in [6.07, 6.45) is 33.7. The topological polar surface area (TPSA) is 15.3 Å². The summed E-state index contributed by atoms with van der Waals surface area (Å²) in [4.78, 5) is 2.60. The van der Waals surface area contributed by atoms with Crippen molar-refractivity contribution in [2.75, 3.05) is 25.0 Å². The van der Waals surface area contributed by atoms with Crippen molar-refractivity contribution in [3.05, 3.63) is 107 Å². The summed E-state index contributed by atoms with van der Waals surface area (Å²) >= 11 is 0. The van der Waals surface area contributed by atoms with E-state index in [2.05, 4.69) is 116 Å². The molecule has 1 heterocycles. The number of fused-ring (bicyclic) bond motifs is 5. The lowest BCUT2D eigenvalue weighted by Gasteiger charge is -2.33. The molecule has 2 nitrogen and oxygen atoms in total. The van der Waals surface area contributed by atoms with Gasteiger partial charge in [-0.1, -0.05) is 203 Å². The van der Waals surface area contributed by atoms with Gasteiger partial charge in [-0.05, 0) is 114 Å². The molecule has 0 bridgehead atoms. The lowest BCUT2D eigenvalue weighted by molar-refractivity contribution is 0.397. The highest BCUT2D eigenvalue weighted by molar-refractivity contribution is 5.84. The van der Waals surface area contributed by atoms with Crippen molar-refractivity contribution in [3.63, 3.8) is 0 Å². The van der Waals surface area contributed by atoms with Crippen LogP contribution in [-0.4, -0.2) is 20.1 Å². The molecule has 4 aromatic carbocycles. The first-order chi connectivity index (χ1) is 28.2. The van der Waals surface area contributed by atoms with Crippen molar-refractivity contribution < 1.29 is 0 Å². The van der Waals surface area contributed by atoms with Crippen LogP contribution >= 0.6 is 0 Å². The van der Waals surface area contributed by atoms with Gasteiger partial charge in [-0.25, -0.2) is 0 Å². The van der Waals surface area contributed by atoms with Gasteiger partial charge in [0.05, 0.1) is 0 Å². The number of rotatable bonds is 27. The van der Waals surface area contributed by atoms with Gasteiger partial charge < -0.3 is 10.2 Å². The molecule has 0 amide bonds. The number of unbranched alkanes of at least 4 members (excludes halogenated alkanes) is 18. The molecular weight excluding hydrogens is 689 g/mol. The van der Waals surface area contributed by atoms with Gasteiger partial charge >= 0.3 is 0 Å². The van der Waals surface area contributed by atoms with Crippen LogP contribution < -0.4 is 10.2 Å². The lowest BCUT2D eigenvalue weighted by Crippen LogP contribution is -2.25. The number of anilines is 2. The summed E-state index contributed by atoms with van der Waals surface area (Å²) in [5.74, 6) is 0. The Kier molecular flexibility index (Phi) is 17.7. The first-order valence-electron chi connectivity index (χ1n) is 24.1. The highest BCUT2D eigenvalue weighted by atomic mass is 15.1. The molecule has 1 N–H and O–H groups in total. The van der Waals surface area contributed by atoms with Gasteiger partial charge in [-0.3, -0.25) is 0 Å². The molecule has 308 valence electrons. The predicted octanol–water partition coefficient (Wildman–Crippen LogP) is 16.1. The van der Waals surface area contributed by atoms with Crippen molar-refractivity contribution >= 4 is 11.4 Å². The zero-order valence-corrected chi connectivity index (χ0v) is 36.6. The van der Waals surface area contributed by atoms with Gasteiger partial charge in [0.1, 0.15) is 0 Å². The third-order valence-corrected chi connectivity index (χ3v) is 13.6. The normalized spacial score (nSPS) is 13.9. The lowest BCUT2D eigenvalue weighted by atomic mass is 9.70. The largest absolute Gasteiger partial charge is 0.341 e. The van der Waals surface area contributed by atoms with Crippen LogP contribution in [0, 0.1) is 0 Å². The van der Waals surface area contributed by atoms with Crippen LogP contribution in [0.25, 0.3) is 22.3 Å². The van der Waals surface area contributed by atoms with Gasteiger partial charge in [0.25, 0.3) is 0 Å². The number of nitrogens with one attached hydrogen (secondary N) is 1. The van der Waals surface area contributed by atoms with Gasteiger partial charge in [0.15, 0.2) is 0 Å². The summed E-state index contributed by atoms with van der Waals surface area (Å²) in [6.45, 7) is 6.70. The van der Waals surface area contributed by atoms with Gasteiger partial charge in [-0.2, -0.15) is 0 Å². The van der Waals surface area contributed by atoms with E-state index in [1.165, 1.54) is 186 Å². The molecule has 0 unspecified atom stereocenters. The van der Waals surface area contributed by atoms with E-state index in [0.717, 1.165) is 32.4 Å². The number of benzene rings is 4. The Morgan fingerprint density at radius 2 is 0.982 bits per heavy atom. The average Bonchev–Trinajstić information content (AvgIpc) is 3.41. The van der Waals surface area contributed by atoms with Crippen molar-refractivity contribution in [1.82, 2.24) is 5.32 Å². The van der Waals surface area contributed by atoms with E-state index < -0.39 is 0 Å². The zero-order chi connectivity index (χ0) is 39.5. The van der Waals surface area contributed by atoms with E-state index >= 15 is 0 Å². The van der Waals surface area contributed by atoms with Gasteiger partial charge in [0.2, 0.25) is 0 Å². The molecule has 1 aliphatic carbocycles. The molecule has 2 aliphatic rings. The standard InChI is InChI=1S/C55H78N2/c1-4-6-8-10-12-14-16-18-20-26-39-55(40-27-21-19-17-15-13-11-9-7-5-2)51-31-24-23-30-49(51)50-37-35-47(44-52(50)55)46-36-38-54-48(43-46)34-33-45-29-22-25-32-53(45)57(54)42-28-41-56-3/h22-25,29-32,35-38,43-44,56H,4-21,26-28,33-34,39-42H2,1-3H3. The summed E-state index contributed by atoms with van der Waals surface area (Å²) in [5.41, 5.74) is 14.8. The van der Waals surface area contributed by atoms with Crippen LogP contribution in [0.5, 0.6) is 0 Å². The van der Waals surface area contributed by atoms with Crippen molar-refractivity contribution in [1.29, 1.82) is 0 Å². The Morgan fingerprint density at radius 1 is 0.474 bits per heavy atom. The molecule has 0 fully saturated rings. The molecule has 57 heavy (non-hydrogen) atoms. The molecule has 0 aromatic heterocycles. The molecule has 0 radical (unpaired) electrons. The van der Waals surface area contributed by atoms with Gasteiger partial charge in [-0.15, -0.1) is 0 Å². The SMILES string of the molecule is CCCCCCCCCCCCC1(CCCCCCCCCCCC)c2ccccc2-c2ccc(-c3ccc4c(c3)CCc3ccccc3N4CCCNC)cc21. The van der Waals surface area contributed by atoms with Gasteiger partial charge in [0, 0.05) is 23.3 Å². The quantitative estimate of drug-likeness (QED) is 0.0608. The summed E-state index contributed by atoms with van der Waals surface area (Å²) in [6, 6.07) is 33.6. The summed E-state index contributed by atoms with van der Waals surface area (Å²) in [5, 5.41) is 3.37. The predicted molar refractivity (Wildman–Crippen MR) is 250 cm³/mol. The van der Waals surface area contributed by atoms with Crippen molar-refractivity contribution in [2.24, 2.45) is 0 Å². The van der Waals surface area contributed by atoms with E-state index in [0.29, 0.717) is 0 Å². The summed E-state index contributed by atoms with van der Waals surface area (Å²) < 4.78 is 0. The molecule has 1 aliphatic heterocycles. The third-order valence-electron chi connectivity index (χ3n) is 13.6. The minimum Gasteiger partial charge on any atom is -0.341 e. The third kappa shape index (κ3) is 11.4. The highest BCUT2D eigenvalue weighted by Gasteiger charge is 2.42. The fraction of sp³-hybridized carbons (Fsp3) is 0.564. The van der Waals surface area contributed by atoms with Crippen LogP contribution in [-0.2, 0) is 18.3 Å². The molecule has 0 atom stereocenters. The monoisotopic (exact) mass is 767 g/mol. The smallest absolute Gasteiger partial charge is 0.0443 e. The van der Waals surface area contributed by atoms with Crippen LogP contribution in [0.1, 0.15) is 184 Å².